The van der Waals surface area contributed by atoms with Crippen LogP contribution in [0, 0.1) is 0 Å². The van der Waals surface area contributed by atoms with Crippen LogP contribution in [0.3, 0.4) is 0 Å². The van der Waals surface area contributed by atoms with Gasteiger partial charge in [0.05, 0.1) is 19.3 Å². The number of hydrogen-bond acceptors (Lipinski definition) is 6. The topological polar surface area (TPSA) is 88.5 Å². The normalized spacial score (nSPS) is 30.7. The highest BCUT2D eigenvalue weighted by atomic mass is 16.6. The number of aliphatic hydroxyl groups excluding tert-OH is 2. The van der Waals surface area contributed by atoms with Gasteiger partial charge in [-0.2, -0.15) is 0 Å². The summed E-state index contributed by atoms with van der Waals surface area (Å²) in [6, 6.07) is 6.52. The Labute approximate surface area is 128 Å². The van der Waals surface area contributed by atoms with Gasteiger partial charge >= 0.3 is 0 Å². The molecule has 120 valence electrons. The average Bonchev–Trinajstić information content (AvgIpc) is 2.55. The Morgan fingerprint density at radius 2 is 1.91 bits per heavy atom. The first-order valence-corrected chi connectivity index (χ1v) is 7.17. The molecule has 2 N–H and O–H groups in total. The van der Waals surface area contributed by atoms with Gasteiger partial charge in [-0.15, -0.1) is 0 Å². The maximum Gasteiger partial charge on any atom is 0.267 e. The maximum atomic E-state index is 12.5. The van der Waals surface area contributed by atoms with Crippen LogP contribution in [0.2, 0.25) is 0 Å². The van der Waals surface area contributed by atoms with Crippen LogP contribution >= 0.6 is 0 Å². The van der Waals surface area contributed by atoms with E-state index in [0.717, 1.165) is 0 Å². The van der Waals surface area contributed by atoms with Crippen molar-refractivity contribution in [2.24, 2.45) is 0 Å². The quantitative estimate of drug-likeness (QED) is 0.759. The zero-order valence-corrected chi connectivity index (χ0v) is 12.2. The minimum absolute atomic E-state index is 0.0656. The molecule has 0 bridgehead atoms. The Morgan fingerprint density at radius 1 is 1.18 bits per heavy atom. The van der Waals surface area contributed by atoms with Gasteiger partial charge < -0.3 is 29.3 Å². The van der Waals surface area contributed by atoms with Crippen molar-refractivity contribution in [3.8, 4) is 11.5 Å². The Kier molecular flexibility index (Phi) is 4.19. The summed E-state index contributed by atoms with van der Waals surface area (Å²) in [6.07, 6.45) is -2.83. The number of hydrogen-bond donors (Lipinski definition) is 2. The summed E-state index contributed by atoms with van der Waals surface area (Å²) in [6.45, 7) is 0.340. The number of carbonyl (C=O) groups excluding carboxylic acids is 1. The van der Waals surface area contributed by atoms with Crippen LogP contribution < -0.4 is 9.47 Å². The zero-order chi connectivity index (χ0) is 15.7. The molecule has 1 unspecified atom stereocenters. The molecule has 3 rings (SSSR count). The molecule has 2 aliphatic heterocycles. The van der Waals surface area contributed by atoms with Gasteiger partial charge in [-0.1, -0.05) is 12.1 Å². The summed E-state index contributed by atoms with van der Waals surface area (Å²) in [5.74, 6) is 0.794. The van der Waals surface area contributed by atoms with E-state index in [1.165, 1.54) is 4.90 Å². The van der Waals surface area contributed by atoms with Crippen molar-refractivity contribution in [2.75, 3.05) is 26.9 Å². The Bertz CT molecular complexity index is 551. The number of benzene rings is 1. The van der Waals surface area contributed by atoms with Gasteiger partial charge in [0.2, 0.25) is 6.10 Å². The molecule has 0 aliphatic carbocycles. The van der Waals surface area contributed by atoms with E-state index in [2.05, 4.69) is 0 Å². The lowest BCUT2D eigenvalue weighted by Gasteiger charge is -2.39. The molecule has 0 radical (unpaired) electrons. The molecule has 0 spiro atoms. The average molecular weight is 309 g/mol. The van der Waals surface area contributed by atoms with Crippen LogP contribution in [-0.2, 0) is 9.53 Å². The lowest BCUT2D eigenvalue weighted by atomic mass is 10.0. The number of ether oxygens (including phenoxy) is 3. The standard InChI is InChI=1S/C15H19NO6/c1-16(9-6-20-7-10(17)14(9)18)15(19)13-8-21-11-4-2-3-5-12(11)22-13/h2-5,9-10,13-14,17-18H,6-8H2,1H3/t9-,10-,13?,14+/m1/s1. The van der Waals surface area contributed by atoms with Crippen molar-refractivity contribution in [1.82, 2.24) is 4.90 Å². The summed E-state index contributed by atoms with van der Waals surface area (Å²) in [5, 5.41) is 19.7. The lowest BCUT2D eigenvalue weighted by Crippen LogP contribution is -2.59. The van der Waals surface area contributed by atoms with Crippen molar-refractivity contribution >= 4 is 5.91 Å². The number of carbonyl (C=O) groups is 1. The predicted molar refractivity (Wildman–Crippen MR) is 75.7 cm³/mol. The van der Waals surface area contributed by atoms with Crippen LogP contribution in [0.15, 0.2) is 24.3 Å². The molecule has 0 aromatic heterocycles. The fraction of sp³-hybridized carbons (Fsp3) is 0.533. The molecular weight excluding hydrogens is 290 g/mol. The number of para-hydroxylation sites is 2. The van der Waals surface area contributed by atoms with E-state index in [-0.39, 0.29) is 25.7 Å². The minimum atomic E-state index is -1.04. The number of rotatable bonds is 2. The van der Waals surface area contributed by atoms with Crippen molar-refractivity contribution in [3.05, 3.63) is 24.3 Å². The Morgan fingerprint density at radius 3 is 2.68 bits per heavy atom. The van der Waals surface area contributed by atoms with E-state index >= 15 is 0 Å². The highest BCUT2D eigenvalue weighted by Crippen LogP contribution is 2.31. The molecule has 2 aliphatic rings. The summed E-state index contributed by atoms with van der Waals surface area (Å²) in [7, 11) is 1.56. The minimum Gasteiger partial charge on any atom is -0.485 e. The summed E-state index contributed by atoms with van der Waals surface area (Å²) in [5.41, 5.74) is 0. The second-order valence-electron chi connectivity index (χ2n) is 5.48. The first-order valence-electron chi connectivity index (χ1n) is 7.17. The van der Waals surface area contributed by atoms with Gasteiger partial charge in [0.15, 0.2) is 11.5 Å². The first-order chi connectivity index (χ1) is 10.6. The van der Waals surface area contributed by atoms with Gasteiger partial charge in [-0.05, 0) is 12.1 Å². The number of fused-ring (bicyclic) bond motifs is 1. The number of nitrogens with zero attached hydrogens (tertiary/aromatic N) is 1. The second-order valence-corrected chi connectivity index (χ2v) is 5.48. The fourth-order valence-corrected chi connectivity index (χ4v) is 2.64. The Balaban J connectivity index is 1.69. The molecule has 2 heterocycles. The van der Waals surface area contributed by atoms with Crippen molar-refractivity contribution in [1.29, 1.82) is 0 Å². The molecular formula is C15H19NO6. The van der Waals surface area contributed by atoms with Crippen LogP contribution in [0.25, 0.3) is 0 Å². The van der Waals surface area contributed by atoms with Crippen molar-refractivity contribution < 1.29 is 29.2 Å². The monoisotopic (exact) mass is 309 g/mol. The van der Waals surface area contributed by atoms with Gasteiger partial charge in [0.1, 0.15) is 18.8 Å². The van der Waals surface area contributed by atoms with E-state index < -0.39 is 24.4 Å². The molecule has 1 aromatic rings. The summed E-state index contributed by atoms with van der Waals surface area (Å²) >= 11 is 0. The van der Waals surface area contributed by atoms with E-state index in [9.17, 15) is 15.0 Å². The number of likely N-dealkylation sites (N-methyl/N-ethyl adjacent to an activating group) is 1. The molecule has 1 fully saturated rings. The lowest BCUT2D eigenvalue weighted by molar-refractivity contribution is -0.160. The molecule has 22 heavy (non-hydrogen) atoms. The highest BCUT2D eigenvalue weighted by Gasteiger charge is 2.39. The zero-order valence-electron chi connectivity index (χ0n) is 12.2. The first kappa shape index (κ1) is 15.1. The van der Waals surface area contributed by atoms with Crippen LogP contribution in [0.1, 0.15) is 0 Å². The highest BCUT2D eigenvalue weighted by molar-refractivity contribution is 5.82. The molecule has 0 saturated carbocycles. The van der Waals surface area contributed by atoms with E-state index in [1.807, 2.05) is 6.07 Å². The second kappa shape index (κ2) is 6.12. The molecule has 7 nitrogen and oxygen atoms in total. The summed E-state index contributed by atoms with van der Waals surface area (Å²) in [4.78, 5) is 13.9. The fourth-order valence-electron chi connectivity index (χ4n) is 2.64. The van der Waals surface area contributed by atoms with Crippen LogP contribution in [0.5, 0.6) is 11.5 Å². The SMILES string of the molecule is CN(C(=O)C1COc2ccccc2O1)[C@@H]1COC[C@@H](O)[C@H]1O. The molecule has 1 amide bonds. The molecule has 4 atom stereocenters. The Hall–Kier alpha value is -1.83. The van der Waals surface area contributed by atoms with Gasteiger partial charge in [0, 0.05) is 7.05 Å². The smallest absolute Gasteiger partial charge is 0.267 e. The van der Waals surface area contributed by atoms with Gasteiger partial charge in [-0.25, -0.2) is 0 Å². The number of aliphatic hydroxyl groups is 2. The third-order valence-electron chi connectivity index (χ3n) is 3.99. The third-order valence-corrected chi connectivity index (χ3v) is 3.99. The molecule has 7 heteroatoms. The maximum absolute atomic E-state index is 12.5. The van der Waals surface area contributed by atoms with Crippen molar-refractivity contribution in [3.63, 3.8) is 0 Å². The van der Waals surface area contributed by atoms with E-state index in [4.69, 9.17) is 14.2 Å². The van der Waals surface area contributed by atoms with Crippen LogP contribution in [0.4, 0.5) is 0 Å². The third kappa shape index (κ3) is 2.75. The largest absolute Gasteiger partial charge is 0.485 e. The summed E-state index contributed by atoms with van der Waals surface area (Å²) < 4.78 is 16.4. The van der Waals surface area contributed by atoms with Gasteiger partial charge in [0.25, 0.3) is 5.91 Å². The van der Waals surface area contributed by atoms with Gasteiger partial charge in [-0.3, -0.25) is 4.79 Å². The molecule has 1 aromatic carbocycles. The number of amides is 1. The van der Waals surface area contributed by atoms with E-state index in [1.54, 1.807) is 25.2 Å². The predicted octanol–water partition coefficient (Wildman–Crippen LogP) is -0.595. The molecule has 1 saturated heterocycles. The van der Waals surface area contributed by atoms with Crippen molar-refractivity contribution in [2.45, 2.75) is 24.4 Å². The van der Waals surface area contributed by atoms with Crippen LogP contribution in [-0.4, -0.2) is 72.2 Å². The van der Waals surface area contributed by atoms with E-state index in [0.29, 0.717) is 11.5 Å².